The highest BCUT2D eigenvalue weighted by Gasteiger charge is 2.19. The second-order valence-electron chi connectivity index (χ2n) is 4.98. The lowest BCUT2D eigenvalue weighted by Crippen LogP contribution is -2.25. The molecule has 0 amide bonds. The van der Waals surface area contributed by atoms with Crippen molar-refractivity contribution in [1.29, 1.82) is 0 Å². The molecule has 23 heavy (non-hydrogen) atoms. The monoisotopic (exact) mass is 357 g/mol. The largest absolute Gasteiger partial charge is 0.396 e. The third-order valence-electron chi connectivity index (χ3n) is 3.28. The Morgan fingerprint density at radius 3 is 2.30 bits per heavy atom. The summed E-state index contributed by atoms with van der Waals surface area (Å²) in [5, 5.41) is 9.24. The zero-order valence-electron chi connectivity index (χ0n) is 12.3. The van der Waals surface area contributed by atoms with Crippen molar-refractivity contribution in [3.8, 4) is 11.1 Å². The van der Waals surface area contributed by atoms with E-state index in [2.05, 4.69) is 4.72 Å². The van der Waals surface area contributed by atoms with E-state index >= 15 is 0 Å². The molecule has 2 rings (SSSR count). The molecular weight excluding hydrogens is 341 g/mol. The predicted octanol–water partition coefficient (Wildman–Crippen LogP) is 3.20. The van der Waals surface area contributed by atoms with Gasteiger partial charge in [-0.3, -0.25) is 0 Å². The number of rotatable bonds is 7. The third-order valence-corrected chi connectivity index (χ3v) is 5.02. The van der Waals surface area contributed by atoms with Crippen molar-refractivity contribution in [2.45, 2.75) is 17.7 Å². The topological polar surface area (TPSA) is 66.4 Å². The first-order chi connectivity index (χ1) is 10.9. The van der Waals surface area contributed by atoms with Gasteiger partial charge in [0.2, 0.25) is 10.0 Å². The van der Waals surface area contributed by atoms with E-state index in [-0.39, 0.29) is 18.0 Å². The highest BCUT2D eigenvalue weighted by Crippen LogP contribution is 2.25. The smallest absolute Gasteiger partial charge is 0.243 e. The lowest BCUT2D eigenvalue weighted by atomic mass is 10.1. The van der Waals surface area contributed by atoms with Crippen molar-refractivity contribution in [3.63, 3.8) is 0 Å². The van der Waals surface area contributed by atoms with Crippen LogP contribution in [0.15, 0.2) is 47.4 Å². The van der Waals surface area contributed by atoms with Crippen LogP contribution in [0.1, 0.15) is 12.8 Å². The summed E-state index contributed by atoms with van der Waals surface area (Å²) in [6, 6.07) is 10.8. The summed E-state index contributed by atoms with van der Waals surface area (Å²) in [5.41, 5.74) is 1.31. The van der Waals surface area contributed by atoms with Gasteiger partial charge in [-0.2, -0.15) is 0 Å². The lowest BCUT2D eigenvalue weighted by Gasteiger charge is -2.09. The van der Waals surface area contributed by atoms with Crippen LogP contribution in [0.5, 0.6) is 0 Å². The molecule has 0 saturated carbocycles. The van der Waals surface area contributed by atoms with Crippen LogP contribution in [-0.2, 0) is 10.0 Å². The molecule has 0 fully saturated rings. The first kappa shape index (κ1) is 17.9. The van der Waals surface area contributed by atoms with Crippen LogP contribution in [0.2, 0.25) is 5.02 Å². The molecule has 0 aliphatic heterocycles. The molecule has 0 bridgehead atoms. The molecular formula is C16H17ClFNO3S. The van der Waals surface area contributed by atoms with Gasteiger partial charge in [0.15, 0.2) is 0 Å². The third kappa shape index (κ3) is 4.75. The molecule has 0 radical (unpaired) electrons. The Kier molecular flexibility index (Phi) is 6.12. The van der Waals surface area contributed by atoms with E-state index in [9.17, 15) is 12.8 Å². The van der Waals surface area contributed by atoms with E-state index in [1.165, 1.54) is 12.1 Å². The minimum atomic E-state index is -3.90. The maximum absolute atomic E-state index is 14.2. The molecule has 2 N–H and O–H groups in total. The van der Waals surface area contributed by atoms with Gasteiger partial charge < -0.3 is 5.11 Å². The maximum atomic E-state index is 14.2. The van der Waals surface area contributed by atoms with Gasteiger partial charge in [-0.15, -0.1) is 0 Å². The van der Waals surface area contributed by atoms with Crippen LogP contribution in [0.25, 0.3) is 11.1 Å². The molecule has 0 atom stereocenters. The van der Waals surface area contributed by atoms with Crippen LogP contribution in [0, 0.1) is 5.82 Å². The zero-order chi connectivity index (χ0) is 16.9. The Balaban J connectivity index is 2.20. The maximum Gasteiger partial charge on any atom is 0.243 e. The van der Waals surface area contributed by atoms with Crippen molar-refractivity contribution < 1.29 is 17.9 Å². The standard InChI is InChI=1S/C16H17ClFNO3S/c17-14-6-3-12(4-7-14)13-5-8-16(15(18)11-13)23(21,22)19-9-1-2-10-20/h3-8,11,19-20H,1-2,9-10H2. The summed E-state index contributed by atoms with van der Waals surface area (Å²) in [6.07, 6.45) is 0.973. The van der Waals surface area contributed by atoms with E-state index in [0.29, 0.717) is 23.4 Å². The molecule has 2 aromatic carbocycles. The number of unbranched alkanes of at least 4 members (excludes halogenated alkanes) is 1. The van der Waals surface area contributed by atoms with Crippen molar-refractivity contribution in [1.82, 2.24) is 4.72 Å². The number of hydrogen-bond donors (Lipinski definition) is 2. The predicted molar refractivity (Wildman–Crippen MR) is 88.4 cm³/mol. The van der Waals surface area contributed by atoms with E-state index in [0.717, 1.165) is 5.56 Å². The van der Waals surface area contributed by atoms with Crippen LogP contribution in [0.4, 0.5) is 4.39 Å². The van der Waals surface area contributed by atoms with Gasteiger partial charge in [0.1, 0.15) is 10.7 Å². The summed E-state index contributed by atoms with van der Waals surface area (Å²) in [5.74, 6) is -0.813. The van der Waals surface area contributed by atoms with Gasteiger partial charge in [0.05, 0.1) is 0 Å². The summed E-state index contributed by atoms with van der Waals surface area (Å²) in [6.45, 7) is 0.146. The minimum absolute atomic E-state index is 0.00806. The minimum Gasteiger partial charge on any atom is -0.396 e. The van der Waals surface area contributed by atoms with Gasteiger partial charge >= 0.3 is 0 Å². The number of aliphatic hydroxyl groups is 1. The van der Waals surface area contributed by atoms with E-state index in [4.69, 9.17) is 16.7 Å². The van der Waals surface area contributed by atoms with Gasteiger partial charge in [-0.05, 0) is 48.2 Å². The van der Waals surface area contributed by atoms with Crippen LogP contribution in [0.3, 0.4) is 0 Å². The van der Waals surface area contributed by atoms with Crippen molar-refractivity contribution in [2.75, 3.05) is 13.2 Å². The Morgan fingerprint density at radius 1 is 1.04 bits per heavy atom. The second kappa shape index (κ2) is 7.88. The van der Waals surface area contributed by atoms with E-state index in [1.807, 2.05) is 0 Å². The first-order valence-corrected chi connectivity index (χ1v) is 8.96. The van der Waals surface area contributed by atoms with Gasteiger partial charge in [0, 0.05) is 18.2 Å². The molecule has 0 aliphatic carbocycles. The first-order valence-electron chi connectivity index (χ1n) is 7.10. The molecule has 0 unspecified atom stereocenters. The fourth-order valence-electron chi connectivity index (χ4n) is 2.06. The number of benzene rings is 2. The number of hydrogen-bond acceptors (Lipinski definition) is 3. The van der Waals surface area contributed by atoms with Crippen molar-refractivity contribution in [3.05, 3.63) is 53.3 Å². The number of nitrogens with one attached hydrogen (secondary N) is 1. The van der Waals surface area contributed by atoms with Crippen molar-refractivity contribution in [2.24, 2.45) is 0 Å². The highest BCUT2D eigenvalue weighted by atomic mass is 35.5. The van der Waals surface area contributed by atoms with Crippen LogP contribution >= 0.6 is 11.6 Å². The van der Waals surface area contributed by atoms with Gasteiger partial charge in [-0.25, -0.2) is 17.5 Å². The average molecular weight is 358 g/mol. The SMILES string of the molecule is O=S(=O)(NCCCCO)c1ccc(-c2ccc(Cl)cc2)cc1F. The van der Waals surface area contributed by atoms with Crippen LogP contribution in [-0.4, -0.2) is 26.7 Å². The molecule has 124 valence electrons. The normalized spacial score (nSPS) is 11.6. The Hall–Kier alpha value is -1.47. The quantitative estimate of drug-likeness (QED) is 0.748. The Labute approximate surface area is 140 Å². The number of aliphatic hydroxyl groups excluding tert-OH is 1. The summed E-state index contributed by atoms with van der Waals surface area (Å²) < 4.78 is 40.7. The van der Waals surface area contributed by atoms with Gasteiger partial charge in [0.25, 0.3) is 0 Å². The summed E-state index contributed by atoms with van der Waals surface area (Å²) >= 11 is 5.81. The molecule has 0 saturated heterocycles. The Morgan fingerprint density at radius 2 is 1.70 bits per heavy atom. The lowest BCUT2D eigenvalue weighted by molar-refractivity contribution is 0.285. The van der Waals surface area contributed by atoms with E-state index < -0.39 is 15.8 Å². The molecule has 2 aromatic rings. The number of halogens is 2. The zero-order valence-corrected chi connectivity index (χ0v) is 13.9. The molecule has 0 aliphatic rings. The Bertz CT molecular complexity index is 763. The second-order valence-corrected chi connectivity index (χ2v) is 7.15. The molecule has 4 nitrogen and oxygen atoms in total. The van der Waals surface area contributed by atoms with Gasteiger partial charge in [-0.1, -0.05) is 29.8 Å². The number of sulfonamides is 1. The fraction of sp³-hybridized carbons (Fsp3) is 0.250. The molecule has 7 heteroatoms. The van der Waals surface area contributed by atoms with Crippen LogP contribution < -0.4 is 4.72 Å². The molecule has 0 aromatic heterocycles. The molecule has 0 spiro atoms. The van der Waals surface area contributed by atoms with Crippen molar-refractivity contribution >= 4 is 21.6 Å². The van der Waals surface area contributed by atoms with E-state index in [1.54, 1.807) is 30.3 Å². The highest BCUT2D eigenvalue weighted by molar-refractivity contribution is 7.89. The fourth-order valence-corrected chi connectivity index (χ4v) is 3.32. The molecule has 0 heterocycles. The summed E-state index contributed by atoms with van der Waals surface area (Å²) in [4.78, 5) is -0.390. The average Bonchev–Trinajstić information content (AvgIpc) is 2.52. The summed E-state index contributed by atoms with van der Waals surface area (Å²) in [7, 11) is -3.90.